The molecule has 1 heterocycles. The zero-order valence-electron chi connectivity index (χ0n) is 21.6. The van der Waals surface area contributed by atoms with E-state index in [1.54, 1.807) is 0 Å². The number of esters is 1. The van der Waals surface area contributed by atoms with Crippen LogP contribution in [0.4, 0.5) is 0 Å². The summed E-state index contributed by atoms with van der Waals surface area (Å²) in [5, 5.41) is 0. The van der Waals surface area contributed by atoms with Crippen molar-refractivity contribution in [1.82, 2.24) is 9.34 Å². The van der Waals surface area contributed by atoms with E-state index in [4.69, 9.17) is 4.74 Å². The van der Waals surface area contributed by atoms with Crippen LogP contribution in [0.1, 0.15) is 79.7 Å². The smallest absolute Gasteiger partial charge is 0.303 e. The molecule has 1 aliphatic carbocycles. The van der Waals surface area contributed by atoms with Crippen molar-refractivity contribution >= 4 is 19.5 Å². The fourth-order valence-corrected chi connectivity index (χ4v) is 9.33. The molecule has 1 aliphatic heterocycles. The van der Waals surface area contributed by atoms with Crippen molar-refractivity contribution in [3.8, 4) is 0 Å². The van der Waals surface area contributed by atoms with Crippen LogP contribution in [0.2, 0.25) is 0 Å². The van der Waals surface area contributed by atoms with E-state index in [-0.39, 0.29) is 22.9 Å². The molecule has 5 nitrogen and oxygen atoms in total. The van der Waals surface area contributed by atoms with Crippen molar-refractivity contribution in [2.45, 2.75) is 92.1 Å². The summed E-state index contributed by atoms with van der Waals surface area (Å²) >= 11 is 0. The molecule has 0 bridgehead atoms. The Labute approximate surface area is 201 Å². The van der Waals surface area contributed by atoms with Crippen LogP contribution >= 0.6 is 7.44 Å². The lowest BCUT2D eigenvalue weighted by molar-refractivity contribution is -0.141. The molecular weight excluding hydrogens is 431 g/mol. The molecular formula is C27H43N2O3P. The monoisotopic (exact) mass is 474 g/mol. The molecule has 2 fully saturated rings. The molecule has 0 amide bonds. The van der Waals surface area contributed by atoms with Crippen molar-refractivity contribution in [3.63, 3.8) is 0 Å². The molecule has 1 aromatic rings. The van der Waals surface area contributed by atoms with Gasteiger partial charge in [0.2, 0.25) is 0 Å². The van der Waals surface area contributed by atoms with Crippen molar-refractivity contribution < 1.29 is 14.1 Å². The molecule has 1 saturated carbocycles. The maximum Gasteiger partial charge on any atom is 0.303 e. The summed E-state index contributed by atoms with van der Waals surface area (Å²) in [6.07, 6.45) is 8.20. The first-order valence-corrected chi connectivity index (χ1v) is 14.0. The van der Waals surface area contributed by atoms with Gasteiger partial charge in [-0.25, -0.2) is 9.34 Å². The summed E-state index contributed by atoms with van der Waals surface area (Å²) in [5.74, 6) is -1.19. The first-order valence-electron chi connectivity index (χ1n) is 12.4. The quantitative estimate of drug-likeness (QED) is 0.335. The first kappa shape index (κ1) is 26.2. The van der Waals surface area contributed by atoms with E-state index in [0.29, 0.717) is 13.1 Å². The van der Waals surface area contributed by atoms with Gasteiger partial charge in [0.05, 0.1) is 0 Å². The van der Waals surface area contributed by atoms with E-state index in [1.807, 2.05) is 42.5 Å². The van der Waals surface area contributed by atoms with Crippen LogP contribution in [-0.4, -0.2) is 46.3 Å². The Balaban J connectivity index is 2.13. The van der Waals surface area contributed by atoms with Crippen molar-refractivity contribution in [2.24, 2.45) is 10.8 Å². The SMILES string of the molecule is CC(=O)OC(/C=C/c1ccccc1)P1(=O)N(CC(C)(C)C)[C@@H]2CCCC[C@H]2N1CC(C)(C)C. The van der Waals surface area contributed by atoms with Crippen LogP contribution in [0.3, 0.4) is 0 Å². The Morgan fingerprint density at radius 2 is 1.48 bits per heavy atom. The number of hydrogen-bond donors (Lipinski definition) is 0. The number of carbonyl (C=O) groups excluding carboxylic acids is 1. The Morgan fingerprint density at radius 3 is 1.91 bits per heavy atom. The zero-order chi connectivity index (χ0) is 24.4. The van der Waals surface area contributed by atoms with E-state index in [2.05, 4.69) is 50.9 Å². The molecule has 0 aromatic heterocycles. The average Bonchev–Trinajstić information content (AvgIpc) is 2.93. The van der Waals surface area contributed by atoms with Crippen molar-refractivity contribution in [1.29, 1.82) is 0 Å². The van der Waals surface area contributed by atoms with E-state index < -0.39 is 19.3 Å². The molecule has 6 heteroatoms. The largest absolute Gasteiger partial charge is 0.447 e. The van der Waals surface area contributed by atoms with E-state index in [9.17, 15) is 4.79 Å². The lowest BCUT2D eigenvalue weighted by atomic mass is 9.87. The minimum atomic E-state index is -3.25. The Morgan fingerprint density at radius 1 is 1.00 bits per heavy atom. The van der Waals surface area contributed by atoms with Gasteiger partial charge in [0.1, 0.15) is 0 Å². The van der Waals surface area contributed by atoms with Crippen molar-refractivity contribution in [3.05, 3.63) is 42.0 Å². The fraction of sp³-hybridized carbons (Fsp3) is 0.667. The highest BCUT2D eigenvalue weighted by Crippen LogP contribution is 2.68. The number of nitrogens with zero attached hydrogens (tertiary/aromatic N) is 2. The lowest BCUT2D eigenvalue weighted by Crippen LogP contribution is -2.43. The summed E-state index contributed by atoms with van der Waals surface area (Å²) in [6.45, 7) is 16.0. The number of benzene rings is 1. The molecule has 184 valence electrons. The molecule has 1 aromatic carbocycles. The predicted octanol–water partition coefficient (Wildman–Crippen LogP) is 6.80. The average molecular weight is 475 g/mol. The summed E-state index contributed by atoms with van der Waals surface area (Å²) in [4.78, 5) is 12.2. The normalized spacial score (nSPS) is 25.2. The highest BCUT2D eigenvalue weighted by atomic mass is 31.2. The number of carbonyl (C=O) groups is 1. The second-order valence-corrected chi connectivity index (χ2v) is 14.8. The first-order chi connectivity index (χ1) is 15.3. The summed E-state index contributed by atoms with van der Waals surface area (Å²) in [7, 11) is -3.25. The molecule has 33 heavy (non-hydrogen) atoms. The Kier molecular flexibility index (Phi) is 7.98. The summed E-state index contributed by atoms with van der Waals surface area (Å²) in [5.41, 5.74) is 0.946. The van der Waals surface area contributed by atoms with Gasteiger partial charge in [-0.05, 0) is 35.3 Å². The van der Waals surface area contributed by atoms with Crippen LogP contribution in [-0.2, 0) is 14.1 Å². The summed E-state index contributed by atoms with van der Waals surface area (Å²) in [6, 6.07) is 10.4. The van der Waals surface area contributed by atoms with Gasteiger partial charge in [-0.1, -0.05) is 90.8 Å². The van der Waals surface area contributed by atoms with E-state index in [1.165, 1.54) is 6.92 Å². The highest BCUT2D eigenvalue weighted by Gasteiger charge is 2.59. The molecule has 2 aliphatic rings. The molecule has 0 N–H and O–H groups in total. The van der Waals surface area contributed by atoms with Gasteiger partial charge in [0.15, 0.2) is 5.85 Å². The number of hydrogen-bond acceptors (Lipinski definition) is 3. The predicted molar refractivity (Wildman–Crippen MR) is 137 cm³/mol. The fourth-order valence-electron chi connectivity index (χ4n) is 5.21. The van der Waals surface area contributed by atoms with Crippen LogP contribution < -0.4 is 0 Å². The van der Waals surface area contributed by atoms with Crippen molar-refractivity contribution in [2.75, 3.05) is 13.1 Å². The van der Waals surface area contributed by atoms with E-state index in [0.717, 1.165) is 31.2 Å². The third-order valence-corrected chi connectivity index (χ3v) is 9.63. The zero-order valence-corrected chi connectivity index (χ0v) is 22.5. The minimum absolute atomic E-state index is 0.0285. The van der Waals surface area contributed by atoms with Gasteiger partial charge in [0, 0.05) is 32.1 Å². The maximum absolute atomic E-state index is 15.4. The molecule has 3 rings (SSSR count). The highest BCUT2D eigenvalue weighted by molar-refractivity contribution is 7.60. The molecule has 0 spiro atoms. The number of fused-ring (bicyclic) bond motifs is 1. The van der Waals surface area contributed by atoms with E-state index >= 15 is 4.57 Å². The van der Waals surface area contributed by atoms with Crippen LogP contribution in [0.25, 0.3) is 6.08 Å². The second-order valence-electron chi connectivity index (χ2n) is 12.1. The van der Waals surface area contributed by atoms with Gasteiger partial charge in [-0.2, -0.15) is 0 Å². The van der Waals surface area contributed by atoms with Crippen LogP contribution in [0, 0.1) is 10.8 Å². The van der Waals surface area contributed by atoms with Crippen LogP contribution in [0.15, 0.2) is 36.4 Å². The number of rotatable bonds is 6. The topological polar surface area (TPSA) is 49.9 Å². The molecule has 0 radical (unpaired) electrons. The van der Waals surface area contributed by atoms with Gasteiger partial charge in [0.25, 0.3) is 7.44 Å². The summed E-state index contributed by atoms with van der Waals surface area (Å²) < 4.78 is 25.8. The Hall–Kier alpha value is -1.42. The number of ether oxygens (including phenoxy) is 1. The Bertz CT molecular complexity index is 849. The maximum atomic E-state index is 15.4. The standard InChI is InChI=1S/C27H43N2O3P/c1-21(30)32-25(18-17-22-13-9-8-10-14-22)33(31)28(19-26(2,3)4)23-15-11-12-16-24(23)29(33)20-27(5,6)7/h8-10,13-14,17-18,23-25H,11-12,15-16,19-20H2,1-7H3/b18-17+/t23-,24-,25?/m1/s1. The van der Waals surface area contributed by atoms with Gasteiger partial charge in [-0.15, -0.1) is 0 Å². The van der Waals surface area contributed by atoms with Gasteiger partial charge < -0.3 is 4.74 Å². The molecule has 1 saturated heterocycles. The molecule has 3 atom stereocenters. The minimum Gasteiger partial charge on any atom is -0.447 e. The van der Waals surface area contributed by atoms with Gasteiger partial charge in [-0.3, -0.25) is 9.36 Å². The second kappa shape index (κ2) is 10.1. The third kappa shape index (κ3) is 6.38. The lowest BCUT2D eigenvalue weighted by Gasteiger charge is -2.40. The van der Waals surface area contributed by atoms with Gasteiger partial charge >= 0.3 is 5.97 Å². The molecule has 1 unspecified atom stereocenters. The third-order valence-electron chi connectivity index (χ3n) is 6.34. The van der Waals surface area contributed by atoms with Crippen LogP contribution in [0.5, 0.6) is 0 Å².